The van der Waals surface area contributed by atoms with Gasteiger partial charge < -0.3 is 10.6 Å². The van der Waals surface area contributed by atoms with Gasteiger partial charge in [0.05, 0.1) is 6.54 Å². The van der Waals surface area contributed by atoms with Crippen molar-refractivity contribution in [1.82, 2.24) is 4.90 Å². The van der Waals surface area contributed by atoms with E-state index in [0.717, 1.165) is 19.6 Å². The number of piperidine rings is 1. The molecular weight excluding hydrogens is 206 g/mol. The summed E-state index contributed by atoms with van der Waals surface area (Å²) >= 11 is 1.73. The van der Waals surface area contributed by atoms with Crippen LogP contribution in [-0.4, -0.2) is 23.9 Å². The molecule has 0 bridgehead atoms. The van der Waals surface area contributed by atoms with Gasteiger partial charge in [0.25, 0.3) is 0 Å². The number of likely N-dealkylation sites (tertiary alicyclic amines) is 1. The van der Waals surface area contributed by atoms with E-state index in [1.807, 2.05) is 6.07 Å². The van der Waals surface area contributed by atoms with Crippen molar-refractivity contribution in [2.45, 2.75) is 25.8 Å². The predicted molar refractivity (Wildman–Crippen MR) is 65.1 cm³/mol. The Labute approximate surface area is 94.6 Å². The molecule has 1 aliphatic heterocycles. The van der Waals surface area contributed by atoms with Crippen LogP contribution in [0.25, 0.3) is 0 Å². The van der Waals surface area contributed by atoms with E-state index in [-0.39, 0.29) is 0 Å². The summed E-state index contributed by atoms with van der Waals surface area (Å²) in [5, 5.41) is 2.07. The summed E-state index contributed by atoms with van der Waals surface area (Å²) in [6.45, 7) is 2.86. The van der Waals surface area contributed by atoms with Crippen molar-refractivity contribution >= 4 is 17.3 Å². The van der Waals surface area contributed by atoms with Gasteiger partial charge in [0.1, 0.15) is 0 Å². The highest BCUT2D eigenvalue weighted by Gasteiger charge is 2.11. The first-order chi connectivity index (χ1) is 7.36. The second-order valence-corrected chi connectivity index (χ2v) is 4.83. The first kappa shape index (κ1) is 10.5. The molecule has 0 spiro atoms. The molecule has 0 aliphatic carbocycles. The minimum absolute atomic E-state index is 0.711. The minimum atomic E-state index is 0.711. The van der Waals surface area contributed by atoms with Crippen molar-refractivity contribution in [3.63, 3.8) is 0 Å². The number of rotatable bonds is 2. The summed E-state index contributed by atoms with van der Waals surface area (Å²) < 4.78 is 0. The highest BCUT2D eigenvalue weighted by atomic mass is 32.1. The van der Waals surface area contributed by atoms with E-state index < -0.39 is 0 Å². The van der Waals surface area contributed by atoms with E-state index in [1.54, 1.807) is 11.3 Å². The van der Waals surface area contributed by atoms with Gasteiger partial charge in [0.2, 0.25) is 0 Å². The summed E-state index contributed by atoms with van der Waals surface area (Å²) in [6, 6.07) is 4.14. The molecule has 1 aromatic rings. The fraction of sp³-hybridized carbons (Fsp3) is 0.545. The molecule has 82 valence electrons. The second kappa shape index (κ2) is 5.16. The number of hydrogen-bond acceptors (Lipinski definition) is 2. The molecule has 1 saturated heterocycles. The van der Waals surface area contributed by atoms with Crippen LogP contribution in [0.4, 0.5) is 0 Å². The lowest BCUT2D eigenvalue weighted by Crippen LogP contribution is -2.40. The van der Waals surface area contributed by atoms with Gasteiger partial charge in [0.15, 0.2) is 5.96 Å². The first-order valence-electron chi connectivity index (χ1n) is 5.43. The largest absolute Gasteiger partial charge is 0.370 e. The summed E-state index contributed by atoms with van der Waals surface area (Å²) in [7, 11) is 0. The molecular formula is C11H17N3S. The molecule has 2 heterocycles. The zero-order valence-electron chi connectivity index (χ0n) is 8.85. The van der Waals surface area contributed by atoms with Gasteiger partial charge in [-0.25, -0.2) is 4.99 Å². The van der Waals surface area contributed by atoms with Crippen LogP contribution in [0.15, 0.2) is 22.5 Å². The van der Waals surface area contributed by atoms with Crippen molar-refractivity contribution < 1.29 is 0 Å². The summed E-state index contributed by atoms with van der Waals surface area (Å²) in [6.07, 6.45) is 3.82. The average molecular weight is 223 g/mol. The Morgan fingerprint density at radius 2 is 2.20 bits per heavy atom. The van der Waals surface area contributed by atoms with E-state index in [0.29, 0.717) is 5.96 Å². The monoisotopic (exact) mass is 223 g/mol. The number of thiophene rings is 1. The lowest BCUT2D eigenvalue weighted by Gasteiger charge is -2.27. The molecule has 0 radical (unpaired) electrons. The number of aliphatic imine (C=N–C) groups is 1. The second-order valence-electron chi connectivity index (χ2n) is 3.80. The van der Waals surface area contributed by atoms with Crippen LogP contribution in [0, 0.1) is 0 Å². The lowest BCUT2D eigenvalue weighted by molar-refractivity contribution is 0.338. The topological polar surface area (TPSA) is 41.6 Å². The third-order valence-corrected chi connectivity index (χ3v) is 3.52. The highest BCUT2D eigenvalue weighted by molar-refractivity contribution is 7.09. The van der Waals surface area contributed by atoms with Crippen molar-refractivity contribution in [2.24, 2.45) is 10.7 Å². The molecule has 0 saturated carbocycles. The van der Waals surface area contributed by atoms with Crippen LogP contribution in [0.3, 0.4) is 0 Å². The zero-order chi connectivity index (χ0) is 10.5. The van der Waals surface area contributed by atoms with Gasteiger partial charge in [-0.1, -0.05) is 6.07 Å². The first-order valence-corrected chi connectivity index (χ1v) is 6.31. The van der Waals surface area contributed by atoms with Crippen molar-refractivity contribution in [3.05, 3.63) is 22.4 Å². The highest BCUT2D eigenvalue weighted by Crippen LogP contribution is 2.11. The third kappa shape index (κ3) is 2.96. The van der Waals surface area contributed by atoms with E-state index in [1.165, 1.54) is 24.1 Å². The van der Waals surface area contributed by atoms with E-state index >= 15 is 0 Å². The average Bonchev–Trinajstić information content (AvgIpc) is 2.80. The lowest BCUT2D eigenvalue weighted by atomic mass is 10.1. The molecule has 0 atom stereocenters. The van der Waals surface area contributed by atoms with Crippen LogP contribution in [0.1, 0.15) is 24.1 Å². The van der Waals surface area contributed by atoms with Gasteiger partial charge >= 0.3 is 0 Å². The van der Waals surface area contributed by atoms with Crippen molar-refractivity contribution in [3.8, 4) is 0 Å². The van der Waals surface area contributed by atoms with E-state index in [2.05, 4.69) is 21.3 Å². The number of guanidine groups is 1. The smallest absolute Gasteiger partial charge is 0.191 e. The molecule has 0 aromatic carbocycles. The van der Waals surface area contributed by atoms with Gasteiger partial charge in [-0.3, -0.25) is 0 Å². The normalized spacial score (nSPS) is 18.1. The van der Waals surface area contributed by atoms with Crippen LogP contribution < -0.4 is 5.73 Å². The quantitative estimate of drug-likeness (QED) is 0.616. The van der Waals surface area contributed by atoms with Crippen LogP contribution in [0.5, 0.6) is 0 Å². The summed E-state index contributed by atoms with van der Waals surface area (Å²) in [5.74, 6) is 0.711. The Morgan fingerprint density at radius 3 is 2.87 bits per heavy atom. The van der Waals surface area contributed by atoms with Gasteiger partial charge in [-0.05, 0) is 30.7 Å². The van der Waals surface area contributed by atoms with Crippen molar-refractivity contribution in [1.29, 1.82) is 0 Å². The molecule has 1 aromatic heterocycles. The maximum Gasteiger partial charge on any atom is 0.191 e. The molecule has 0 unspecified atom stereocenters. The molecule has 1 fully saturated rings. The zero-order valence-corrected chi connectivity index (χ0v) is 9.67. The van der Waals surface area contributed by atoms with Gasteiger partial charge in [-0.2, -0.15) is 0 Å². The summed E-state index contributed by atoms with van der Waals surface area (Å²) in [4.78, 5) is 7.89. The third-order valence-electron chi connectivity index (χ3n) is 2.66. The van der Waals surface area contributed by atoms with Crippen molar-refractivity contribution in [2.75, 3.05) is 13.1 Å². The van der Waals surface area contributed by atoms with Crippen LogP contribution >= 0.6 is 11.3 Å². The standard InChI is InChI=1S/C11H17N3S/c12-11(14-6-2-1-3-7-14)13-9-10-5-4-8-15-10/h4-5,8H,1-3,6-7,9H2,(H2,12,13). The van der Waals surface area contributed by atoms with E-state index in [4.69, 9.17) is 5.73 Å². The number of nitrogens with two attached hydrogens (primary N) is 1. The number of nitrogens with zero attached hydrogens (tertiary/aromatic N) is 2. The van der Waals surface area contributed by atoms with Crippen LogP contribution in [0.2, 0.25) is 0 Å². The molecule has 15 heavy (non-hydrogen) atoms. The van der Waals surface area contributed by atoms with Gasteiger partial charge in [-0.15, -0.1) is 11.3 Å². The summed E-state index contributed by atoms with van der Waals surface area (Å²) in [5.41, 5.74) is 5.95. The minimum Gasteiger partial charge on any atom is -0.370 e. The Kier molecular flexibility index (Phi) is 3.61. The maximum atomic E-state index is 5.95. The van der Waals surface area contributed by atoms with Crippen LogP contribution in [-0.2, 0) is 6.54 Å². The molecule has 1 aliphatic rings. The number of hydrogen-bond donors (Lipinski definition) is 1. The predicted octanol–water partition coefficient (Wildman–Crippen LogP) is 2.05. The Hall–Kier alpha value is -1.03. The molecule has 2 N–H and O–H groups in total. The molecule has 0 amide bonds. The fourth-order valence-corrected chi connectivity index (χ4v) is 2.41. The fourth-order valence-electron chi connectivity index (χ4n) is 1.78. The Morgan fingerprint density at radius 1 is 1.40 bits per heavy atom. The Bertz CT molecular complexity index is 313. The SMILES string of the molecule is NC(=NCc1cccs1)N1CCCCC1. The maximum absolute atomic E-state index is 5.95. The molecule has 4 heteroatoms. The molecule has 2 rings (SSSR count). The molecule has 3 nitrogen and oxygen atoms in total. The van der Waals surface area contributed by atoms with E-state index in [9.17, 15) is 0 Å². The Balaban J connectivity index is 1.88. The van der Waals surface area contributed by atoms with Gasteiger partial charge in [0, 0.05) is 18.0 Å².